The molecule has 0 fully saturated rings. The molecule has 1 aromatic rings. The molecule has 0 unspecified atom stereocenters. The highest BCUT2D eigenvalue weighted by atomic mass is 19.4. The molecule has 0 aliphatic heterocycles. The first-order valence-electron chi connectivity index (χ1n) is 5.30. The Morgan fingerprint density at radius 1 is 1.06 bits per heavy atom. The Morgan fingerprint density at radius 2 is 1.56 bits per heavy atom. The van der Waals surface area contributed by atoms with Gasteiger partial charge in [0.1, 0.15) is 5.75 Å². The minimum absolute atomic E-state index is 0.250. The summed E-state index contributed by atoms with van der Waals surface area (Å²) in [6.45, 7) is 4.74. The van der Waals surface area contributed by atoms with Crippen LogP contribution in [0.5, 0.6) is 5.75 Å². The van der Waals surface area contributed by atoms with E-state index < -0.39 is 12.8 Å². The summed E-state index contributed by atoms with van der Waals surface area (Å²) in [5, 5.41) is 0. The van der Waals surface area contributed by atoms with E-state index in [0.717, 1.165) is 12.0 Å². The summed E-state index contributed by atoms with van der Waals surface area (Å²) in [6.07, 6.45) is -3.41. The van der Waals surface area contributed by atoms with Gasteiger partial charge in [0.25, 0.3) is 0 Å². The van der Waals surface area contributed by atoms with Gasteiger partial charge in [-0.1, -0.05) is 32.9 Å². The van der Waals surface area contributed by atoms with E-state index in [0.29, 0.717) is 0 Å². The van der Waals surface area contributed by atoms with E-state index in [-0.39, 0.29) is 5.75 Å². The summed E-state index contributed by atoms with van der Waals surface area (Å²) in [5.74, 6) is 0.250. The topological polar surface area (TPSA) is 9.23 Å². The van der Waals surface area contributed by atoms with E-state index >= 15 is 0 Å². The van der Waals surface area contributed by atoms with Crippen molar-refractivity contribution in [1.29, 1.82) is 0 Å². The van der Waals surface area contributed by atoms with Crippen LogP contribution in [0.1, 0.15) is 26.3 Å². The van der Waals surface area contributed by atoms with Gasteiger partial charge in [-0.25, -0.2) is 0 Å². The fraction of sp³-hybridized carbons (Fsp3) is 0.500. The fourth-order valence-corrected chi connectivity index (χ4v) is 0.987. The molecule has 0 aromatic heterocycles. The number of hydrogen-bond donors (Lipinski definition) is 0. The van der Waals surface area contributed by atoms with Crippen LogP contribution in [0.15, 0.2) is 24.3 Å². The van der Waals surface area contributed by atoms with Crippen LogP contribution in [0.2, 0.25) is 0 Å². The first kappa shape index (κ1) is 14.8. The monoisotopic (exact) mass is 234 g/mol. The summed E-state index contributed by atoms with van der Waals surface area (Å²) < 4.78 is 39.8. The second-order valence-electron chi connectivity index (χ2n) is 2.90. The molecule has 0 N–H and O–H groups in total. The van der Waals surface area contributed by atoms with E-state index in [9.17, 15) is 13.2 Å². The first-order valence-corrected chi connectivity index (χ1v) is 5.30. The molecule has 16 heavy (non-hydrogen) atoms. The summed E-state index contributed by atoms with van der Waals surface area (Å²) in [5.41, 5.74) is 1.07. The average molecular weight is 234 g/mol. The van der Waals surface area contributed by atoms with Crippen LogP contribution in [-0.2, 0) is 6.42 Å². The molecule has 1 nitrogen and oxygen atoms in total. The van der Waals surface area contributed by atoms with E-state index in [4.69, 9.17) is 0 Å². The molecule has 0 saturated heterocycles. The third kappa shape index (κ3) is 6.32. The molecule has 1 aromatic carbocycles. The largest absolute Gasteiger partial charge is 0.484 e. The van der Waals surface area contributed by atoms with Crippen LogP contribution in [0, 0.1) is 0 Å². The van der Waals surface area contributed by atoms with Crippen molar-refractivity contribution in [2.24, 2.45) is 0 Å². The Labute approximate surface area is 94.2 Å². The smallest absolute Gasteiger partial charge is 0.422 e. The highest BCUT2D eigenvalue weighted by Crippen LogP contribution is 2.18. The Morgan fingerprint density at radius 3 is 1.94 bits per heavy atom. The van der Waals surface area contributed by atoms with Crippen molar-refractivity contribution in [2.45, 2.75) is 33.4 Å². The van der Waals surface area contributed by atoms with Crippen molar-refractivity contribution >= 4 is 0 Å². The van der Waals surface area contributed by atoms with Crippen molar-refractivity contribution in [3.05, 3.63) is 29.8 Å². The van der Waals surface area contributed by atoms with Crippen molar-refractivity contribution in [1.82, 2.24) is 0 Å². The number of halogens is 3. The Kier molecular flexibility index (Phi) is 6.61. The molecule has 4 heteroatoms. The lowest BCUT2D eigenvalue weighted by atomic mass is 10.2. The summed E-state index contributed by atoms with van der Waals surface area (Å²) in [7, 11) is 0. The molecule has 0 radical (unpaired) electrons. The number of alkyl halides is 3. The van der Waals surface area contributed by atoms with Gasteiger partial charge in [0.15, 0.2) is 6.61 Å². The van der Waals surface area contributed by atoms with Gasteiger partial charge in [0, 0.05) is 0 Å². The normalized spacial score (nSPS) is 10.4. The van der Waals surface area contributed by atoms with Gasteiger partial charge < -0.3 is 4.74 Å². The van der Waals surface area contributed by atoms with E-state index in [2.05, 4.69) is 4.74 Å². The van der Waals surface area contributed by atoms with Crippen LogP contribution in [0.3, 0.4) is 0 Å². The predicted octanol–water partition coefficient (Wildman–Crippen LogP) is 4.22. The van der Waals surface area contributed by atoms with Crippen molar-refractivity contribution in [2.75, 3.05) is 6.61 Å². The van der Waals surface area contributed by atoms with Gasteiger partial charge >= 0.3 is 6.18 Å². The minimum atomic E-state index is -4.27. The minimum Gasteiger partial charge on any atom is -0.484 e. The zero-order valence-electron chi connectivity index (χ0n) is 9.77. The lowest BCUT2D eigenvalue weighted by Crippen LogP contribution is -2.19. The van der Waals surface area contributed by atoms with Crippen molar-refractivity contribution in [3.8, 4) is 5.75 Å². The second-order valence-corrected chi connectivity index (χ2v) is 2.90. The molecule has 92 valence electrons. The Hall–Kier alpha value is -1.19. The molecule has 0 saturated carbocycles. The number of rotatable bonds is 3. The molecule has 0 heterocycles. The number of hydrogen-bond acceptors (Lipinski definition) is 1. The van der Waals surface area contributed by atoms with Crippen molar-refractivity contribution < 1.29 is 17.9 Å². The molecular formula is C12H17F3O. The Balaban J connectivity index is 0.00000106. The molecule has 0 aliphatic rings. The van der Waals surface area contributed by atoms with Crippen LogP contribution in [0.25, 0.3) is 0 Å². The van der Waals surface area contributed by atoms with Gasteiger partial charge in [-0.3, -0.25) is 0 Å². The van der Waals surface area contributed by atoms with E-state index in [1.54, 1.807) is 24.3 Å². The predicted molar refractivity (Wildman–Crippen MR) is 58.7 cm³/mol. The number of ether oxygens (including phenoxy) is 1. The zero-order chi connectivity index (χ0) is 12.6. The number of aryl methyl sites for hydroxylation is 1. The third-order valence-electron chi connectivity index (χ3n) is 1.73. The molecule has 0 spiro atoms. The summed E-state index contributed by atoms with van der Waals surface area (Å²) in [6, 6.07) is 6.60. The molecule has 0 bridgehead atoms. The van der Waals surface area contributed by atoms with Gasteiger partial charge in [-0.2, -0.15) is 13.2 Å². The highest BCUT2D eigenvalue weighted by molar-refractivity contribution is 5.27. The fourth-order valence-electron chi connectivity index (χ4n) is 0.987. The van der Waals surface area contributed by atoms with Crippen LogP contribution >= 0.6 is 0 Å². The van der Waals surface area contributed by atoms with Gasteiger partial charge in [0.2, 0.25) is 0 Å². The van der Waals surface area contributed by atoms with Crippen LogP contribution in [0.4, 0.5) is 13.2 Å². The van der Waals surface area contributed by atoms with Crippen LogP contribution in [-0.4, -0.2) is 12.8 Å². The number of benzene rings is 1. The van der Waals surface area contributed by atoms with E-state index in [1.165, 1.54) is 0 Å². The van der Waals surface area contributed by atoms with Crippen LogP contribution < -0.4 is 4.74 Å². The third-order valence-corrected chi connectivity index (χ3v) is 1.73. The van der Waals surface area contributed by atoms with Gasteiger partial charge in [-0.15, -0.1) is 0 Å². The van der Waals surface area contributed by atoms with Gasteiger partial charge in [0.05, 0.1) is 0 Å². The van der Waals surface area contributed by atoms with Crippen molar-refractivity contribution in [3.63, 3.8) is 0 Å². The first-order chi connectivity index (χ1) is 7.51. The lowest BCUT2D eigenvalue weighted by Gasteiger charge is -2.09. The molecular weight excluding hydrogens is 217 g/mol. The van der Waals surface area contributed by atoms with E-state index in [1.807, 2.05) is 20.8 Å². The SMILES string of the molecule is CC.CCc1ccc(OCC(F)(F)F)cc1. The molecule has 1 rings (SSSR count). The highest BCUT2D eigenvalue weighted by Gasteiger charge is 2.28. The maximum Gasteiger partial charge on any atom is 0.422 e. The lowest BCUT2D eigenvalue weighted by molar-refractivity contribution is -0.153. The molecule has 0 aliphatic carbocycles. The molecule has 0 atom stereocenters. The zero-order valence-corrected chi connectivity index (χ0v) is 9.77. The second kappa shape index (κ2) is 7.14. The maximum absolute atomic E-state index is 11.8. The molecule has 0 amide bonds. The standard InChI is InChI=1S/C10H11F3O.C2H6/c1-2-8-3-5-9(6-4-8)14-7-10(11,12)13;1-2/h3-6H,2,7H2,1H3;1-2H3. The summed E-state index contributed by atoms with van der Waals surface area (Å²) in [4.78, 5) is 0. The quantitative estimate of drug-likeness (QED) is 0.761. The van der Waals surface area contributed by atoms with Gasteiger partial charge in [-0.05, 0) is 24.1 Å². The maximum atomic E-state index is 11.8. The Bertz CT molecular complexity index is 277. The summed E-state index contributed by atoms with van der Waals surface area (Å²) >= 11 is 0. The average Bonchev–Trinajstić information content (AvgIpc) is 2.29.